The van der Waals surface area contributed by atoms with Crippen LogP contribution in [0.1, 0.15) is 65.8 Å². The van der Waals surface area contributed by atoms with Crippen molar-refractivity contribution in [3.8, 4) is 17.2 Å². The molecule has 0 saturated carbocycles. The lowest BCUT2D eigenvalue weighted by Crippen LogP contribution is -2.26. The normalized spacial score (nSPS) is 17.8. The highest BCUT2D eigenvalue weighted by atomic mass is 16.5. The highest BCUT2D eigenvalue weighted by molar-refractivity contribution is 5.64. The Hall–Kier alpha value is -3.18. The number of ether oxygens (including phenoxy) is 2. The number of aryl methyl sites for hydroxylation is 1. The van der Waals surface area contributed by atoms with E-state index in [9.17, 15) is 5.11 Å². The van der Waals surface area contributed by atoms with Crippen LogP contribution in [-0.2, 0) is 19.4 Å². The molecule has 0 amide bonds. The first kappa shape index (κ1) is 25.5. The third kappa shape index (κ3) is 5.57. The number of hydrogen-bond acceptors (Lipinski definition) is 5. The summed E-state index contributed by atoms with van der Waals surface area (Å²) in [7, 11) is 3.42. The summed E-state index contributed by atoms with van der Waals surface area (Å²) >= 11 is 0. The standard InChI is InChI=1S/C32H40N2O3/c1-4-34(21-22-5-7-23(8-6-22)24-13-15-33-16-14-24)30-20-32(37-3)31(36-2)19-29(30)27-10-9-26-18-28(35)12-11-25(26)17-27/h5-8,11-12,18-20,24,27,33,35H,4,9-10,13-17,21H2,1-3H3/t27-/m1/s1. The summed E-state index contributed by atoms with van der Waals surface area (Å²) in [5.74, 6) is 2.95. The Bertz CT molecular complexity index is 1200. The maximum atomic E-state index is 9.94. The summed E-state index contributed by atoms with van der Waals surface area (Å²) in [6.45, 7) is 6.21. The number of benzene rings is 3. The minimum atomic E-state index is 0.354. The minimum Gasteiger partial charge on any atom is -0.508 e. The van der Waals surface area contributed by atoms with Crippen molar-refractivity contribution in [1.82, 2.24) is 5.32 Å². The van der Waals surface area contributed by atoms with E-state index in [1.165, 1.54) is 46.3 Å². The number of nitrogens with one attached hydrogen (secondary N) is 1. The number of nitrogens with zero attached hydrogens (tertiary/aromatic N) is 1. The molecule has 2 N–H and O–H groups in total. The van der Waals surface area contributed by atoms with Crippen molar-refractivity contribution in [3.05, 3.63) is 82.4 Å². The zero-order valence-corrected chi connectivity index (χ0v) is 22.4. The zero-order chi connectivity index (χ0) is 25.8. The van der Waals surface area contributed by atoms with Crippen LogP contribution >= 0.6 is 0 Å². The Balaban J connectivity index is 1.44. The second kappa shape index (κ2) is 11.5. The van der Waals surface area contributed by atoms with Crippen LogP contribution in [-0.4, -0.2) is 39.0 Å². The first-order valence-corrected chi connectivity index (χ1v) is 13.7. The Labute approximate surface area is 221 Å². The Morgan fingerprint density at radius 1 is 0.865 bits per heavy atom. The zero-order valence-electron chi connectivity index (χ0n) is 22.4. The molecule has 0 unspecified atom stereocenters. The highest BCUT2D eigenvalue weighted by Crippen LogP contribution is 2.43. The predicted molar refractivity (Wildman–Crippen MR) is 150 cm³/mol. The molecule has 3 aromatic carbocycles. The van der Waals surface area contributed by atoms with Gasteiger partial charge in [0.15, 0.2) is 11.5 Å². The Morgan fingerprint density at radius 2 is 1.59 bits per heavy atom. The summed E-state index contributed by atoms with van der Waals surface area (Å²) in [5.41, 5.74) is 7.90. The van der Waals surface area contributed by atoms with E-state index in [-0.39, 0.29) is 0 Å². The number of fused-ring (bicyclic) bond motifs is 1. The van der Waals surface area contributed by atoms with E-state index in [0.717, 1.165) is 56.9 Å². The quantitative estimate of drug-likeness (QED) is 0.387. The van der Waals surface area contributed by atoms with E-state index in [0.29, 0.717) is 17.6 Å². The molecule has 1 atom stereocenters. The molecule has 196 valence electrons. The molecule has 0 radical (unpaired) electrons. The van der Waals surface area contributed by atoms with Gasteiger partial charge in [0.05, 0.1) is 14.2 Å². The molecule has 2 aliphatic rings. The molecule has 1 heterocycles. The van der Waals surface area contributed by atoms with Gasteiger partial charge in [-0.15, -0.1) is 0 Å². The van der Waals surface area contributed by atoms with Gasteiger partial charge in [-0.1, -0.05) is 30.3 Å². The van der Waals surface area contributed by atoms with E-state index in [4.69, 9.17) is 9.47 Å². The molecular weight excluding hydrogens is 460 g/mol. The van der Waals surface area contributed by atoms with Crippen molar-refractivity contribution >= 4 is 5.69 Å². The van der Waals surface area contributed by atoms with Crippen molar-refractivity contribution in [2.24, 2.45) is 0 Å². The van der Waals surface area contributed by atoms with Gasteiger partial charge < -0.3 is 24.8 Å². The van der Waals surface area contributed by atoms with Crippen LogP contribution in [0.2, 0.25) is 0 Å². The first-order valence-electron chi connectivity index (χ1n) is 13.7. The summed E-state index contributed by atoms with van der Waals surface area (Å²) in [6, 6.07) is 19.5. The molecule has 0 bridgehead atoms. The topological polar surface area (TPSA) is 54.0 Å². The van der Waals surface area contributed by atoms with E-state index in [1.54, 1.807) is 14.2 Å². The van der Waals surface area contributed by atoms with Crippen molar-refractivity contribution < 1.29 is 14.6 Å². The molecule has 5 nitrogen and oxygen atoms in total. The maximum Gasteiger partial charge on any atom is 0.162 e. The van der Waals surface area contributed by atoms with Gasteiger partial charge in [-0.2, -0.15) is 0 Å². The number of phenols is 1. The average molecular weight is 501 g/mol. The second-order valence-electron chi connectivity index (χ2n) is 10.4. The molecule has 0 spiro atoms. The third-order valence-corrected chi connectivity index (χ3v) is 8.28. The smallest absolute Gasteiger partial charge is 0.162 e. The fourth-order valence-corrected chi connectivity index (χ4v) is 6.13. The van der Waals surface area contributed by atoms with Gasteiger partial charge in [-0.05, 0) is 110 Å². The molecule has 1 aliphatic heterocycles. The monoisotopic (exact) mass is 500 g/mol. The number of hydrogen-bond donors (Lipinski definition) is 2. The van der Waals surface area contributed by atoms with Gasteiger partial charge >= 0.3 is 0 Å². The molecule has 3 aromatic rings. The molecule has 5 rings (SSSR count). The molecule has 1 aliphatic carbocycles. The Morgan fingerprint density at radius 3 is 2.30 bits per heavy atom. The lowest BCUT2D eigenvalue weighted by molar-refractivity contribution is 0.354. The average Bonchev–Trinajstić information content (AvgIpc) is 2.95. The number of aromatic hydroxyl groups is 1. The summed E-state index contributed by atoms with van der Waals surface area (Å²) < 4.78 is 11.5. The molecule has 37 heavy (non-hydrogen) atoms. The Kier molecular flexibility index (Phi) is 7.90. The number of rotatable bonds is 8. The molecule has 0 aromatic heterocycles. The van der Waals surface area contributed by atoms with Crippen LogP contribution in [0.4, 0.5) is 5.69 Å². The van der Waals surface area contributed by atoms with Crippen LogP contribution in [0, 0.1) is 0 Å². The van der Waals surface area contributed by atoms with Gasteiger partial charge in [-0.25, -0.2) is 0 Å². The van der Waals surface area contributed by atoms with Gasteiger partial charge in [0.2, 0.25) is 0 Å². The van der Waals surface area contributed by atoms with Gasteiger partial charge in [0.25, 0.3) is 0 Å². The lowest BCUT2D eigenvalue weighted by Gasteiger charge is -2.32. The fourth-order valence-electron chi connectivity index (χ4n) is 6.13. The van der Waals surface area contributed by atoms with Crippen molar-refractivity contribution in [3.63, 3.8) is 0 Å². The number of piperidine rings is 1. The lowest BCUT2D eigenvalue weighted by atomic mass is 9.79. The summed E-state index contributed by atoms with van der Waals surface area (Å²) in [6.07, 6.45) is 5.41. The third-order valence-electron chi connectivity index (χ3n) is 8.28. The van der Waals surface area contributed by atoms with Crippen LogP contribution in [0.25, 0.3) is 0 Å². The van der Waals surface area contributed by atoms with Crippen molar-refractivity contribution in [2.75, 3.05) is 38.8 Å². The van der Waals surface area contributed by atoms with Crippen molar-refractivity contribution in [1.29, 1.82) is 0 Å². The van der Waals surface area contributed by atoms with Crippen LogP contribution in [0.3, 0.4) is 0 Å². The molecule has 1 fully saturated rings. The van der Waals surface area contributed by atoms with Gasteiger partial charge in [0.1, 0.15) is 5.75 Å². The van der Waals surface area contributed by atoms with Crippen molar-refractivity contribution in [2.45, 2.75) is 57.4 Å². The van der Waals surface area contributed by atoms with Crippen LogP contribution < -0.4 is 19.7 Å². The van der Waals surface area contributed by atoms with E-state index in [1.807, 2.05) is 12.1 Å². The van der Waals surface area contributed by atoms with Gasteiger partial charge in [-0.3, -0.25) is 0 Å². The van der Waals surface area contributed by atoms with E-state index >= 15 is 0 Å². The van der Waals surface area contributed by atoms with Crippen LogP contribution in [0.15, 0.2) is 54.6 Å². The maximum absolute atomic E-state index is 9.94. The van der Waals surface area contributed by atoms with Crippen LogP contribution in [0.5, 0.6) is 17.2 Å². The molecular formula is C32H40N2O3. The number of phenolic OH excluding ortho intramolecular Hbond substituents is 1. The molecule has 1 saturated heterocycles. The first-order chi connectivity index (χ1) is 18.1. The van der Waals surface area contributed by atoms with Gasteiger partial charge in [0, 0.05) is 24.8 Å². The second-order valence-corrected chi connectivity index (χ2v) is 10.4. The number of methoxy groups -OCH3 is 2. The number of anilines is 1. The largest absolute Gasteiger partial charge is 0.508 e. The van der Waals surface area contributed by atoms with E-state index < -0.39 is 0 Å². The highest BCUT2D eigenvalue weighted by Gasteiger charge is 2.26. The predicted octanol–water partition coefficient (Wildman–Crippen LogP) is 6.18. The summed E-state index contributed by atoms with van der Waals surface area (Å²) in [5, 5.41) is 13.4. The summed E-state index contributed by atoms with van der Waals surface area (Å²) in [4.78, 5) is 2.46. The fraction of sp³-hybridized carbons (Fsp3) is 0.438. The minimum absolute atomic E-state index is 0.354. The SMILES string of the molecule is CCN(Cc1ccc(C2CCNCC2)cc1)c1cc(OC)c(OC)cc1[C@@H]1CCc2cc(O)ccc2C1. The van der Waals surface area contributed by atoms with E-state index in [2.05, 4.69) is 59.6 Å². The molecule has 5 heteroatoms.